The molecule has 0 aliphatic rings. The van der Waals surface area contributed by atoms with E-state index in [0.717, 1.165) is 31.7 Å². The zero-order chi connectivity index (χ0) is 17.6. The van der Waals surface area contributed by atoms with Gasteiger partial charge in [0, 0.05) is 13.1 Å². The second-order valence-corrected chi connectivity index (χ2v) is 6.92. The van der Waals surface area contributed by atoms with Gasteiger partial charge in [-0.1, -0.05) is 26.7 Å². The van der Waals surface area contributed by atoms with Crippen LogP contribution in [0.1, 0.15) is 49.9 Å². The molecule has 0 saturated heterocycles. The molecule has 4 N–H and O–H groups in total. The molecule has 0 aliphatic carbocycles. The predicted octanol–water partition coefficient (Wildman–Crippen LogP) is 2.14. The minimum absolute atomic E-state index is 0.191. The number of hydrogen-bond acceptors (Lipinski definition) is 5. The molecular formula is C15H24N2O5S. The van der Waals surface area contributed by atoms with Gasteiger partial charge in [-0.3, -0.25) is 0 Å². The molecule has 0 unspecified atom stereocenters. The van der Waals surface area contributed by atoms with Gasteiger partial charge in [-0.05, 0) is 25.0 Å². The second-order valence-electron chi connectivity index (χ2n) is 5.39. The smallest absolute Gasteiger partial charge is 0.335 e. The number of rotatable bonds is 9. The number of carbonyl (C=O) groups is 1. The molecule has 0 radical (unpaired) electrons. The maximum atomic E-state index is 11.6. The molecule has 1 aromatic rings. The first-order valence-corrected chi connectivity index (χ1v) is 9.15. The quantitative estimate of drug-likeness (QED) is 0.631. The summed E-state index contributed by atoms with van der Waals surface area (Å²) in [6, 6.07) is 2.17. The highest BCUT2D eigenvalue weighted by Crippen LogP contribution is 2.35. The molecular weight excluding hydrogens is 320 g/mol. The number of aromatic hydroxyl groups is 1. The third-order valence-electron chi connectivity index (χ3n) is 3.51. The highest BCUT2D eigenvalue weighted by atomic mass is 32.2. The summed E-state index contributed by atoms with van der Waals surface area (Å²) in [5.41, 5.74) is -0.0318. The molecule has 0 aliphatic heterocycles. The summed E-state index contributed by atoms with van der Waals surface area (Å²) < 4.78 is 23.3. The van der Waals surface area contributed by atoms with E-state index in [-0.39, 0.29) is 11.3 Å². The van der Waals surface area contributed by atoms with Crippen molar-refractivity contribution in [3.63, 3.8) is 0 Å². The van der Waals surface area contributed by atoms with E-state index in [4.69, 9.17) is 5.14 Å². The molecule has 130 valence electrons. The maximum Gasteiger partial charge on any atom is 0.335 e. The minimum Gasteiger partial charge on any atom is -0.504 e. The van der Waals surface area contributed by atoms with Crippen molar-refractivity contribution in [3.8, 4) is 5.75 Å². The fourth-order valence-corrected chi connectivity index (χ4v) is 2.89. The summed E-state index contributed by atoms with van der Waals surface area (Å²) >= 11 is 0. The molecule has 1 aromatic carbocycles. The Morgan fingerprint density at radius 1 is 1.17 bits per heavy atom. The van der Waals surface area contributed by atoms with Crippen LogP contribution in [0.25, 0.3) is 0 Å². The number of benzene rings is 1. The Hall–Kier alpha value is -1.80. The van der Waals surface area contributed by atoms with Crippen LogP contribution in [0.2, 0.25) is 0 Å². The number of phenols is 1. The molecule has 0 fully saturated rings. The number of phenolic OH excluding ortho intramolecular Hbond substituents is 1. The van der Waals surface area contributed by atoms with Crippen molar-refractivity contribution in [2.45, 2.75) is 44.4 Å². The summed E-state index contributed by atoms with van der Waals surface area (Å²) in [6.45, 7) is 5.22. The van der Waals surface area contributed by atoms with Crippen molar-refractivity contribution in [1.29, 1.82) is 0 Å². The van der Waals surface area contributed by atoms with Crippen LogP contribution in [0.3, 0.4) is 0 Å². The predicted molar refractivity (Wildman–Crippen MR) is 88.5 cm³/mol. The molecule has 0 heterocycles. The number of nitrogens with two attached hydrogens (primary N) is 1. The van der Waals surface area contributed by atoms with Crippen LogP contribution in [-0.2, 0) is 10.0 Å². The zero-order valence-electron chi connectivity index (χ0n) is 13.4. The first kappa shape index (κ1) is 19.2. The van der Waals surface area contributed by atoms with E-state index in [2.05, 4.69) is 0 Å². The standard InChI is InChI=1S/C15H24N2O5S/c1-3-5-7-17(8-6-4-2)12-9-11(15(19)20)10-13(14(12)18)23(16,21)22/h9-10,18H,3-8H2,1-2H3,(H,19,20)(H2,16,21,22). The molecule has 1 rings (SSSR count). The first-order chi connectivity index (χ1) is 10.7. The number of carboxylic acids is 1. The second kappa shape index (κ2) is 8.16. The minimum atomic E-state index is -4.23. The van der Waals surface area contributed by atoms with E-state index >= 15 is 0 Å². The largest absolute Gasteiger partial charge is 0.504 e. The van der Waals surface area contributed by atoms with Gasteiger partial charge >= 0.3 is 5.97 Å². The highest BCUT2D eigenvalue weighted by molar-refractivity contribution is 7.89. The van der Waals surface area contributed by atoms with E-state index in [1.807, 2.05) is 18.7 Å². The number of sulfonamides is 1. The summed E-state index contributed by atoms with van der Waals surface area (Å²) in [7, 11) is -4.23. The molecule has 0 aromatic heterocycles. The van der Waals surface area contributed by atoms with Gasteiger partial charge in [0.05, 0.1) is 11.3 Å². The Kier molecular flexibility index (Phi) is 6.83. The van der Waals surface area contributed by atoms with Crippen LogP contribution in [-0.4, -0.2) is 37.7 Å². The van der Waals surface area contributed by atoms with E-state index in [9.17, 15) is 23.4 Å². The van der Waals surface area contributed by atoms with Crippen molar-refractivity contribution >= 4 is 21.7 Å². The Bertz CT molecular complexity index is 650. The van der Waals surface area contributed by atoms with Crippen LogP contribution in [0.15, 0.2) is 17.0 Å². The number of unbranched alkanes of at least 4 members (excludes halogenated alkanes) is 2. The fourth-order valence-electron chi connectivity index (χ4n) is 2.23. The topological polar surface area (TPSA) is 121 Å². The Morgan fingerprint density at radius 2 is 1.70 bits per heavy atom. The number of anilines is 1. The van der Waals surface area contributed by atoms with Crippen molar-refractivity contribution in [3.05, 3.63) is 17.7 Å². The van der Waals surface area contributed by atoms with E-state index in [1.54, 1.807) is 0 Å². The van der Waals surface area contributed by atoms with E-state index in [1.165, 1.54) is 6.07 Å². The number of aromatic carboxylic acids is 1. The SMILES string of the molecule is CCCCN(CCCC)c1cc(C(=O)O)cc(S(N)(=O)=O)c1O. The van der Waals surface area contributed by atoms with E-state index in [0.29, 0.717) is 13.1 Å². The Balaban J connectivity index is 3.45. The molecule has 0 saturated carbocycles. The molecule has 0 spiro atoms. The molecule has 8 heteroatoms. The monoisotopic (exact) mass is 344 g/mol. The molecule has 0 amide bonds. The summed E-state index contributed by atoms with van der Waals surface area (Å²) in [5.74, 6) is -1.77. The van der Waals surface area contributed by atoms with Crippen LogP contribution >= 0.6 is 0 Å². The Morgan fingerprint density at radius 3 is 2.09 bits per heavy atom. The molecule has 0 atom stereocenters. The number of carboxylic acid groups (broad SMARTS) is 1. The van der Waals surface area contributed by atoms with Crippen molar-refractivity contribution in [2.24, 2.45) is 5.14 Å². The first-order valence-electron chi connectivity index (χ1n) is 7.60. The van der Waals surface area contributed by atoms with Crippen molar-refractivity contribution in [1.82, 2.24) is 0 Å². The fraction of sp³-hybridized carbons (Fsp3) is 0.533. The van der Waals surface area contributed by atoms with Gasteiger partial charge in [0.2, 0.25) is 10.0 Å². The summed E-state index contributed by atoms with van der Waals surface area (Å²) in [4.78, 5) is 12.5. The normalized spacial score (nSPS) is 11.4. The van der Waals surface area contributed by atoms with Crippen LogP contribution in [0.5, 0.6) is 5.75 Å². The lowest BCUT2D eigenvalue weighted by Crippen LogP contribution is -2.26. The summed E-state index contributed by atoms with van der Waals surface area (Å²) in [5, 5.41) is 24.6. The van der Waals surface area contributed by atoms with Gasteiger partial charge in [0.25, 0.3) is 0 Å². The van der Waals surface area contributed by atoms with Crippen molar-refractivity contribution in [2.75, 3.05) is 18.0 Å². The van der Waals surface area contributed by atoms with Gasteiger partial charge in [0.15, 0.2) is 5.75 Å². The average molecular weight is 344 g/mol. The molecule has 0 bridgehead atoms. The Labute approximate surface area is 136 Å². The van der Waals surface area contributed by atoms with Crippen molar-refractivity contribution < 1.29 is 23.4 Å². The lowest BCUT2D eigenvalue weighted by atomic mass is 10.1. The van der Waals surface area contributed by atoms with E-state index < -0.39 is 26.6 Å². The third-order valence-corrected chi connectivity index (χ3v) is 4.44. The molecule has 7 nitrogen and oxygen atoms in total. The van der Waals surface area contributed by atoms with Gasteiger partial charge in [-0.25, -0.2) is 18.4 Å². The maximum absolute atomic E-state index is 11.6. The lowest BCUT2D eigenvalue weighted by molar-refractivity contribution is 0.0696. The van der Waals surface area contributed by atoms with Gasteiger partial charge in [0.1, 0.15) is 4.90 Å². The number of hydrogen-bond donors (Lipinski definition) is 3. The van der Waals surface area contributed by atoms with Gasteiger partial charge in [-0.2, -0.15) is 0 Å². The van der Waals surface area contributed by atoms with Gasteiger partial charge in [-0.15, -0.1) is 0 Å². The average Bonchev–Trinajstić information content (AvgIpc) is 2.46. The van der Waals surface area contributed by atoms with Crippen LogP contribution < -0.4 is 10.0 Å². The lowest BCUT2D eigenvalue weighted by Gasteiger charge is -2.26. The number of nitrogens with zero attached hydrogens (tertiary/aromatic N) is 1. The summed E-state index contributed by atoms with van der Waals surface area (Å²) in [6.07, 6.45) is 3.52. The van der Waals surface area contributed by atoms with Gasteiger partial charge < -0.3 is 15.1 Å². The highest BCUT2D eigenvalue weighted by Gasteiger charge is 2.23. The zero-order valence-corrected chi connectivity index (χ0v) is 14.3. The molecule has 23 heavy (non-hydrogen) atoms. The number of primary sulfonamides is 1. The van der Waals surface area contributed by atoms with Crippen LogP contribution in [0, 0.1) is 0 Å². The van der Waals surface area contributed by atoms with Crippen LogP contribution in [0.4, 0.5) is 5.69 Å². The third kappa shape index (κ3) is 5.11.